The number of benzene rings is 1. The molecule has 1 fully saturated rings. The van der Waals surface area contributed by atoms with Gasteiger partial charge in [-0.15, -0.1) is 0 Å². The highest BCUT2D eigenvalue weighted by Crippen LogP contribution is 2.34. The highest BCUT2D eigenvalue weighted by Gasteiger charge is 2.30. The predicted molar refractivity (Wildman–Crippen MR) is 69.0 cm³/mol. The third-order valence-electron chi connectivity index (χ3n) is 3.23. The zero-order chi connectivity index (χ0) is 12.6. The number of anilines is 2. The van der Waals surface area contributed by atoms with Gasteiger partial charge in [0, 0.05) is 19.0 Å². The van der Waals surface area contributed by atoms with Gasteiger partial charge in [-0.05, 0) is 18.1 Å². The lowest BCUT2D eigenvalue weighted by Gasteiger charge is -2.15. The molecule has 1 aromatic rings. The van der Waals surface area contributed by atoms with Crippen molar-refractivity contribution in [1.29, 1.82) is 0 Å². The Morgan fingerprint density at radius 3 is 2.65 bits per heavy atom. The smallest absolute Gasteiger partial charge is 0.211 e. The zero-order valence-corrected chi connectivity index (χ0v) is 10.6. The first-order valence-corrected chi connectivity index (χ1v) is 7.33. The lowest BCUT2D eigenvalue weighted by Crippen LogP contribution is -2.27. The molecule has 1 saturated heterocycles. The molecule has 17 heavy (non-hydrogen) atoms. The van der Waals surface area contributed by atoms with E-state index in [0.29, 0.717) is 24.5 Å². The van der Waals surface area contributed by atoms with E-state index in [4.69, 9.17) is 11.5 Å². The number of nitrogens with two attached hydrogens (primary N) is 2. The Labute approximate surface area is 101 Å². The minimum Gasteiger partial charge on any atom is -0.397 e. The van der Waals surface area contributed by atoms with Crippen LogP contribution < -0.4 is 11.5 Å². The van der Waals surface area contributed by atoms with Crippen LogP contribution in [-0.4, -0.2) is 32.1 Å². The molecule has 0 radical (unpaired) electrons. The molecule has 0 spiro atoms. The molecule has 1 aliphatic heterocycles. The van der Waals surface area contributed by atoms with Crippen LogP contribution in [0.2, 0.25) is 0 Å². The van der Waals surface area contributed by atoms with Gasteiger partial charge >= 0.3 is 0 Å². The van der Waals surface area contributed by atoms with Crippen molar-refractivity contribution in [3.8, 4) is 0 Å². The van der Waals surface area contributed by atoms with Gasteiger partial charge in [-0.2, -0.15) is 0 Å². The molecular weight excluding hydrogens is 238 g/mol. The molecule has 4 N–H and O–H groups in total. The van der Waals surface area contributed by atoms with E-state index in [2.05, 4.69) is 0 Å². The van der Waals surface area contributed by atoms with E-state index in [0.717, 1.165) is 12.0 Å². The lowest BCUT2D eigenvalue weighted by atomic mass is 9.96. The molecule has 0 amide bonds. The first-order valence-electron chi connectivity index (χ1n) is 5.48. The second-order valence-electron chi connectivity index (χ2n) is 4.46. The number of rotatable bonds is 2. The third kappa shape index (κ3) is 2.37. The Morgan fingerprint density at radius 1 is 1.35 bits per heavy atom. The Morgan fingerprint density at radius 2 is 2.06 bits per heavy atom. The summed E-state index contributed by atoms with van der Waals surface area (Å²) in [4.78, 5) is 0. The predicted octanol–water partition coefficient (Wildman–Crippen LogP) is 0.600. The van der Waals surface area contributed by atoms with Gasteiger partial charge in [0.25, 0.3) is 0 Å². The van der Waals surface area contributed by atoms with E-state index in [1.165, 1.54) is 10.6 Å². The van der Waals surface area contributed by atoms with E-state index in [1.54, 1.807) is 6.07 Å². The van der Waals surface area contributed by atoms with Crippen LogP contribution in [0.3, 0.4) is 0 Å². The number of nitrogens with zero attached hydrogens (tertiary/aromatic N) is 1. The van der Waals surface area contributed by atoms with Crippen LogP contribution in [0.4, 0.5) is 11.4 Å². The van der Waals surface area contributed by atoms with Crippen LogP contribution in [0.1, 0.15) is 17.9 Å². The molecular formula is C11H17N3O2S. The van der Waals surface area contributed by atoms with Gasteiger partial charge in [-0.1, -0.05) is 12.1 Å². The molecule has 6 heteroatoms. The third-order valence-corrected chi connectivity index (χ3v) is 4.50. The van der Waals surface area contributed by atoms with Crippen molar-refractivity contribution in [2.45, 2.75) is 12.3 Å². The van der Waals surface area contributed by atoms with Crippen molar-refractivity contribution in [2.24, 2.45) is 0 Å². The summed E-state index contributed by atoms with van der Waals surface area (Å²) in [6.45, 7) is 1.05. The van der Waals surface area contributed by atoms with Crippen LogP contribution in [0, 0.1) is 0 Å². The Balaban J connectivity index is 2.24. The highest BCUT2D eigenvalue weighted by atomic mass is 32.2. The highest BCUT2D eigenvalue weighted by molar-refractivity contribution is 7.88. The summed E-state index contributed by atoms with van der Waals surface area (Å²) in [5.41, 5.74) is 13.8. The molecule has 0 aromatic heterocycles. The van der Waals surface area contributed by atoms with Crippen molar-refractivity contribution < 1.29 is 8.42 Å². The van der Waals surface area contributed by atoms with Crippen molar-refractivity contribution in [3.05, 3.63) is 23.8 Å². The molecule has 1 aliphatic rings. The molecule has 94 valence electrons. The molecule has 1 aromatic carbocycles. The topological polar surface area (TPSA) is 89.4 Å². The van der Waals surface area contributed by atoms with Crippen LogP contribution in [-0.2, 0) is 10.0 Å². The molecule has 0 bridgehead atoms. The Kier molecular flexibility index (Phi) is 3.01. The number of hydrogen-bond acceptors (Lipinski definition) is 4. The van der Waals surface area contributed by atoms with Crippen LogP contribution in [0.25, 0.3) is 0 Å². The van der Waals surface area contributed by atoms with Gasteiger partial charge in [-0.25, -0.2) is 12.7 Å². The second-order valence-corrected chi connectivity index (χ2v) is 6.44. The van der Waals surface area contributed by atoms with Gasteiger partial charge < -0.3 is 11.5 Å². The zero-order valence-electron chi connectivity index (χ0n) is 9.76. The molecule has 1 heterocycles. The molecule has 1 atom stereocenters. The summed E-state index contributed by atoms with van der Waals surface area (Å²) in [6.07, 6.45) is 2.03. The summed E-state index contributed by atoms with van der Waals surface area (Å²) in [5, 5.41) is 0. The molecule has 0 saturated carbocycles. The van der Waals surface area contributed by atoms with Crippen molar-refractivity contribution >= 4 is 21.4 Å². The number of hydrogen-bond donors (Lipinski definition) is 2. The fourth-order valence-electron chi connectivity index (χ4n) is 2.24. The lowest BCUT2D eigenvalue weighted by molar-refractivity contribution is 0.478. The molecule has 1 unspecified atom stereocenters. The summed E-state index contributed by atoms with van der Waals surface area (Å²) < 4.78 is 24.4. The largest absolute Gasteiger partial charge is 0.397 e. The van der Waals surface area contributed by atoms with E-state index >= 15 is 0 Å². The van der Waals surface area contributed by atoms with E-state index in [1.807, 2.05) is 12.1 Å². The normalized spacial score (nSPS) is 21.8. The Hall–Kier alpha value is -1.27. The molecule has 5 nitrogen and oxygen atoms in total. The quantitative estimate of drug-likeness (QED) is 0.757. The first-order chi connectivity index (χ1) is 7.89. The van der Waals surface area contributed by atoms with E-state index in [-0.39, 0.29) is 5.92 Å². The van der Waals surface area contributed by atoms with Gasteiger partial charge in [0.2, 0.25) is 10.0 Å². The van der Waals surface area contributed by atoms with Crippen molar-refractivity contribution in [2.75, 3.05) is 30.8 Å². The second kappa shape index (κ2) is 4.19. The SMILES string of the molecule is CS(=O)(=O)N1CCC(c2cccc(N)c2N)C1. The summed E-state index contributed by atoms with van der Waals surface area (Å²) in [6, 6.07) is 5.52. The fraction of sp³-hybridized carbons (Fsp3) is 0.455. The van der Waals surface area contributed by atoms with Crippen molar-refractivity contribution in [3.63, 3.8) is 0 Å². The number of nitrogen functional groups attached to an aromatic ring is 2. The fourth-order valence-corrected chi connectivity index (χ4v) is 3.13. The minimum atomic E-state index is -3.11. The maximum atomic E-state index is 11.4. The van der Waals surface area contributed by atoms with Gasteiger partial charge in [-0.3, -0.25) is 0 Å². The Bertz CT molecular complexity index is 528. The molecule has 2 rings (SSSR count). The van der Waals surface area contributed by atoms with Crippen molar-refractivity contribution in [1.82, 2.24) is 4.31 Å². The monoisotopic (exact) mass is 255 g/mol. The summed E-state index contributed by atoms with van der Waals surface area (Å²) >= 11 is 0. The minimum absolute atomic E-state index is 0.147. The van der Waals surface area contributed by atoms with Gasteiger partial charge in [0.05, 0.1) is 17.6 Å². The average molecular weight is 255 g/mol. The number of sulfonamides is 1. The van der Waals surface area contributed by atoms with Crippen LogP contribution in [0.15, 0.2) is 18.2 Å². The van der Waals surface area contributed by atoms with E-state index in [9.17, 15) is 8.42 Å². The van der Waals surface area contributed by atoms with Gasteiger partial charge in [0.1, 0.15) is 0 Å². The maximum absolute atomic E-state index is 11.4. The average Bonchev–Trinajstić information content (AvgIpc) is 2.70. The summed E-state index contributed by atoms with van der Waals surface area (Å²) in [5.74, 6) is 0.147. The first kappa shape index (κ1) is 12.2. The van der Waals surface area contributed by atoms with Crippen LogP contribution >= 0.6 is 0 Å². The molecule has 0 aliphatic carbocycles. The standard InChI is InChI=1S/C11H17N3O2S/c1-17(15,16)14-6-5-8(7-14)9-3-2-4-10(12)11(9)13/h2-4,8H,5-7,12-13H2,1H3. The van der Waals surface area contributed by atoms with Crippen LogP contribution in [0.5, 0.6) is 0 Å². The number of para-hydroxylation sites is 1. The van der Waals surface area contributed by atoms with E-state index < -0.39 is 10.0 Å². The summed E-state index contributed by atoms with van der Waals surface area (Å²) in [7, 11) is -3.11. The maximum Gasteiger partial charge on any atom is 0.211 e. The van der Waals surface area contributed by atoms with Gasteiger partial charge in [0.15, 0.2) is 0 Å².